The van der Waals surface area contributed by atoms with Crippen molar-refractivity contribution in [2.75, 3.05) is 5.75 Å². The van der Waals surface area contributed by atoms with Gasteiger partial charge in [-0.1, -0.05) is 11.6 Å². The minimum atomic E-state index is -2.73. The molecule has 3 rings (SSSR count). The smallest absolute Gasteiger partial charge is 0.295 e. The minimum Gasteiger partial charge on any atom is -0.337 e. The molecule has 0 aliphatic heterocycles. The van der Waals surface area contributed by atoms with Crippen LogP contribution in [-0.4, -0.2) is 27.5 Å². The Morgan fingerprint density at radius 1 is 1.15 bits per heavy atom. The molecule has 0 aliphatic rings. The zero-order valence-corrected chi connectivity index (χ0v) is 15.2. The number of nitrogens with one attached hydrogen (secondary N) is 3. The number of hydrogen-bond donors (Lipinski definition) is 3. The normalized spacial score (nSPS) is 11.0. The highest BCUT2D eigenvalue weighted by atomic mass is 35.5. The zero-order valence-electron chi connectivity index (χ0n) is 13.6. The second-order valence-corrected chi connectivity index (χ2v) is 6.88. The maximum Gasteiger partial charge on any atom is 0.295 e. The number of imidazole rings is 1. The first-order valence-corrected chi connectivity index (χ1v) is 9.04. The van der Waals surface area contributed by atoms with Gasteiger partial charge in [-0.3, -0.25) is 20.4 Å². The number of hydrazine groups is 1. The van der Waals surface area contributed by atoms with Crippen LogP contribution in [0.25, 0.3) is 11.0 Å². The van der Waals surface area contributed by atoms with Gasteiger partial charge in [0.1, 0.15) is 0 Å². The number of carbonyl (C=O) groups excluding carboxylic acids is 2. The Balaban J connectivity index is 1.54. The predicted molar refractivity (Wildman–Crippen MR) is 98.8 cm³/mol. The number of thioether (sulfide) groups is 1. The first kappa shape index (κ1) is 19.1. The second kappa shape index (κ2) is 8.36. The molecule has 1 aromatic heterocycles. The number of hydrogen-bond acceptors (Lipinski definition) is 4. The molecule has 0 saturated carbocycles. The van der Waals surface area contributed by atoms with Crippen molar-refractivity contribution < 1.29 is 18.4 Å². The molecule has 0 unspecified atom stereocenters. The quantitative estimate of drug-likeness (QED) is 0.442. The van der Waals surface area contributed by atoms with Gasteiger partial charge in [0.2, 0.25) is 5.91 Å². The molecule has 2 amide bonds. The molecule has 10 heteroatoms. The number of amides is 2. The van der Waals surface area contributed by atoms with Crippen LogP contribution in [0, 0.1) is 0 Å². The molecule has 0 saturated heterocycles. The van der Waals surface area contributed by atoms with Gasteiger partial charge in [0.25, 0.3) is 12.3 Å². The molecule has 3 N–H and O–H groups in total. The molecule has 27 heavy (non-hydrogen) atoms. The molecule has 1 heterocycles. The lowest BCUT2D eigenvalue weighted by Gasteiger charge is -2.07. The maximum absolute atomic E-state index is 12.7. The van der Waals surface area contributed by atoms with Crippen molar-refractivity contribution in [3.05, 3.63) is 58.9 Å². The molecule has 2 aromatic carbocycles. The largest absolute Gasteiger partial charge is 0.337 e. The predicted octanol–water partition coefficient (Wildman–Crippen LogP) is 3.71. The highest BCUT2D eigenvalue weighted by molar-refractivity contribution is 8.00. The molecular weight excluding hydrogens is 398 g/mol. The third-order valence-corrected chi connectivity index (χ3v) is 4.73. The fraction of sp³-hybridized carbons (Fsp3) is 0.118. The highest BCUT2D eigenvalue weighted by Gasteiger charge is 2.14. The van der Waals surface area contributed by atoms with Crippen molar-refractivity contribution in [1.82, 2.24) is 20.8 Å². The molecule has 0 bridgehead atoms. The second-order valence-electron chi connectivity index (χ2n) is 5.40. The van der Waals surface area contributed by atoms with E-state index in [0.717, 1.165) is 4.90 Å². The summed E-state index contributed by atoms with van der Waals surface area (Å²) in [5.74, 6) is -1.34. The summed E-state index contributed by atoms with van der Waals surface area (Å²) in [6.45, 7) is 0. The van der Waals surface area contributed by atoms with Crippen LogP contribution in [0.2, 0.25) is 5.02 Å². The third kappa shape index (κ3) is 4.95. The van der Waals surface area contributed by atoms with Gasteiger partial charge >= 0.3 is 0 Å². The van der Waals surface area contributed by atoms with Crippen molar-refractivity contribution in [3.8, 4) is 0 Å². The molecule has 0 atom stereocenters. The van der Waals surface area contributed by atoms with Crippen LogP contribution in [0.3, 0.4) is 0 Å². The lowest BCUT2D eigenvalue weighted by molar-refractivity contribution is -0.119. The van der Waals surface area contributed by atoms with Gasteiger partial charge in [-0.05, 0) is 42.5 Å². The molecule has 6 nitrogen and oxygen atoms in total. The summed E-state index contributed by atoms with van der Waals surface area (Å²) in [6.07, 6.45) is -2.73. The van der Waals surface area contributed by atoms with Crippen LogP contribution < -0.4 is 10.9 Å². The van der Waals surface area contributed by atoms with Crippen LogP contribution in [0.1, 0.15) is 22.6 Å². The van der Waals surface area contributed by atoms with Crippen molar-refractivity contribution in [2.24, 2.45) is 0 Å². The zero-order chi connectivity index (χ0) is 19.4. The van der Waals surface area contributed by atoms with Crippen molar-refractivity contribution in [1.29, 1.82) is 0 Å². The fourth-order valence-electron chi connectivity index (χ4n) is 2.19. The van der Waals surface area contributed by atoms with Crippen LogP contribution in [-0.2, 0) is 4.79 Å². The summed E-state index contributed by atoms with van der Waals surface area (Å²) in [4.78, 5) is 31.0. The molecule has 0 spiro atoms. The monoisotopic (exact) mass is 410 g/mol. The fourth-order valence-corrected chi connectivity index (χ4v) is 3.01. The third-order valence-electron chi connectivity index (χ3n) is 3.47. The van der Waals surface area contributed by atoms with E-state index in [0.29, 0.717) is 16.1 Å². The van der Waals surface area contributed by atoms with E-state index in [1.54, 1.807) is 24.3 Å². The topological polar surface area (TPSA) is 86.9 Å². The van der Waals surface area contributed by atoms with Gasteiger partial charge in [-0.25, -0.2) is 13.8 Å². The van der Waals surface area contributed by atoms with E-state index >= 15 is 0 Å². The summed E-state index contributed by atoms with van der Waals surface area (Å²) in [6, 6.07) is 11.3. The number of nitrogens with zero attached hydrogens (tertiary/aromatic N) is 1. The van der Waals surface area contributed by atoms with Crippen LogP contribution in [0.4, 0.5) is 8.78 Å². The number of aromatic nitrogens is 2. The molecule has 0 fully saturated rings. The van der Waals surface area contributed by atoms with E-state index in [-0.39, 0.29) is 11.3 Å². The number of carbonyl (C=O) groups is 2. The lowest BCUT2D eigenvalue weighted by atomic mass is 10.2. The van der Waals surface area contributed by atoms with E-state index in [1.807, 2.05) is 0 Å². The molecule has 0 aliphatic carbocycles. The average molecular weight is 411 g/mol. The Bertz CT molecular complexity index is 979. The van der Waals surface area contributed by atoms with Crippen molar-refractivity contribution in [2.45, 2.75) is 11.3 Å². The number of alkyl halides is 2. The van der Waals surface area contributed by atoms with Gasteiger partial charge in [0, 0.05) is 15.5 Å². The summed E-state index contributed by atoms with van der Waals surface area (Å²) in [5.41, 5.74) is 5.41. The van der Waals surface area contributed by atoms with Crippen molar-refractivity contribution >= 4 is 46.2 Å². The number of aromatic amines is 1. The average Bonchev–Trinajstić information content (AvgIpc) is 3.09. The molecule has 140 valence electrons. The summed E-state index contributed by atoms with van der Waals surface area (Å²) in [5, 5.41) is 0.603. The highest BCUT2D eigenvalue weighted by Crippen LogP contribution is 2.21. The van der Waals surface area contributed by atoms with Crippen molar-refractivity contribution in [3.63, 3.8) is 0 Å². The maximum atomic E-state index is 12.7. The number of halogens is 3. The first-order valence-electron chi connectivity index (χ1n) is 7.68. The molecule has 0 radical (unpaired) electrons. The van der Waals surface area contributed by atoms with Gasteiger partial charge in [-0.2, -0.15) is 0 Å². The summed E-state index contributed by atoms with van der Waals surface area (Å²) < 4.78 is 25.3. The Kier molecular flexibility index (Phi) is 5.92. The van der Waals surface area contributed by atoms with Crippen LogP contribution >= 0.6 is 23.4 Å². The molecule has 3 aromatic rings. The van der Waals surface area contributed by atoms with E-state index in [4.69, 9.17) is 11.6 Å². The number of H-pyrrole nitrogens is 1. The lowest BCUT2D eigenvalue weighted by Crippen LogP contribution is -2.42. The number of fused-ring (bicyclic) bond motifs is 1. The Labute approximate surface area is 161 Å². The van der Waals surface area contributed by atoms with Gasteiger partial charge in [-0.15, -0.1) is 11.8 Å². The molecular formula is C17H13ClF2N4O2S. The minimum absolute atomic E-state index is 0.0965. The van der Waals surface area contributed by atoms with Crippen LogP contribution in [0.15, 0.2) is 47.4 Å². The Morgan fingerprint density at radius 3 is 2.59 bits per heavy atom. The van der Waals surface area contributed by atoms with E-state index < -0.39 is 24.1 Å². The SMILES string of the molecule is O=C(CSc1ccc(Cl)cc1)NNC(=O)c1ccc2nc(C(F)F)[nH]c2c1. The van der Waals surface area contributed by atoms with E-state index in [1.165, 1.54) is 30.0 Å². The van der Waals surface area contributed by atoms with Gasteiger partial charge < -0.3 is 4.98 Å². The van der Waals surface area contributed by atoms with Crippen LogP contribution in [0.5, 0.6) is 0 Å². The van der Waals surface area contributed by atoms with E-state index in [2.05, 4.69) is 20.8 Å². The number of benzene rings is 2. The Hall–Kier alpha value is -2.65. The summed E-state index contributed by atoms with van der Waals surface area (Å²) in [7, 11) is 0. The van der Waals surface area contributed by atoms with E-state index in [9.17, 15) is 18.4 Å². The van der Waals surface area contributed by atoms with Gasteiger partial charge in [0.05, 0.1) is 16.8 Å². The first-order chi connectivity index (χ1) is 12.9. The Morgan fingerprint density at radius 2 is 1.89 bits per heavy atom. The standard InChI is InChI=1S/C17H13ClF2N4O2S/c18-10-2-4-11(5-3-10)27-8-14(25)23-24-17(26)9-1-6-12-13(7-9)22-16(21-12)15(19)20/h1-7,15H,8H2,(H,21,22)(H,23,25)(H,24,26). The van der Waals surface area contributed by atoms with Gasteiger partial charge in [0.15, 0.2) is 5.82 Å². The number of rotatable bonds is 5. The summed E-state index contributed by atoms with van der Waals surface area (Å²) >= 11 is 7.08.